The van der Waals surface area contributed by atoms with E-state index in [9.17, 15) is 9.18 Å². The first-order chi connectivity index (χ1) is 13.1. The van der Waals surface area contributed by atoms with Crippen LogP contribution in [0.5, 0.6) is 0 Å². The molecule has 27 heavy (non-hydrogen) atoms. The quantitative estimate of drug-likeness (QED) is 0.751. The van der Waals surface area contributed by atoms with Crippen LogP contribution in [-0.2, 0) is 9.53 Å². The van der Waals surface area contributed by atoms with Crippen molar-refractivity contribution in [3.05, 3.63) is 71.5 Å². The highest BCUT2D eigenvalue weighted by molar-refractivity contribution is 5.77. The Morgan fingerprint density at radius 1 is 1.11 bits per heavy atom. The molecule has 1 saturated heterocycles. The van der Waals surface area contributed by atoms with Crippen molar-refractivity contribution < 1.29 is 13.9 Å². The molecule has 1 amide bonds. The highest BCUT2D eigenvalue weighted by Crippen LogP contribution is 2.30. The predicted octanol–water partition coefficient (Wildman–Crippen LogP) is 3.14. The molecule has 4 nitrogen and oxygen atoms in total. The van der Waals surface area contributed by atoms with Gasteiger partial charge in [-0.05, 0) is 17.2 Å². The summed E-state index contributed by atoms with van der Waals surface area (Å²) in [6, 6.07) is 16.4. The van der Waals surface area contributed by atoms with Gasteiger partial charge in [-0.15, -0.1) is 0 Å². The Kier molecular flexibility index (Phi) is 6.96. The normalized spacial score (nSPS) is 16.1. The lowest BCUT2D eigenvalue weighted by Gasteiger charge is -2.29. The number of hydrogen-bond acceptors (Lipinski definition) is 3. The van der Waals surface area contributed by atoms with Crippen molar-refractivity contribution in [2.75, 3.05) is 46.4 Å². The van der Waals surface area contributed by atoms with Crippen LogP contribution >= 0.6 is 0 Å². The number of carbonyl (C=O) groups is 1. The molecule has 0 aromatic heterocycles. The molecule has 2 aromatic carbocycles. The molecule has 1 atom stereocenters. The van der Waals surface area contributed by atoms with E-state index in [-0.39, 0.29) is 24.1 Å². The molecule has 0 bridgehead atoms. The van der Waals surface area contributed by atoms with E-state index in [4.69, 9.17) is 4.74 Å². The fourth-order valence-corrected chi connectivity index (χ4v) is 3.42. The first-order valence-corrected chi connectivity index (χ1v) is 9.48. The molecule has 5 heteroatoms. The zero-order valence-electron chi connectivity index (χ0n) is 15.8. The molecule has 1 heterocycles. The Hall–Kier alpha value is -2.24. The Labute approximate surface area is 160 Å². The van der Waals surface area contributed by atoms with E-state index in [1.54, 1.807) is 17.0 Å². The Morgan fingerprint density at radius 3 is 2.48 bits per heavy atom. The molecule has 0 aliphatic carbocycles. The van der Waals surface area contributed by atoms with Crippen LogP contribution in [0.3, 0.4) is 0 Å². The van der Waals surface area contributed by atoms with E-state index < -0.39 is 0 Å². The van der Waals surface area contributed by atoms with Crippen molar-refractivity contribution in [1.82, 2.24) is 9.80 Å². The summed E-state index contributed by atoms with van der Waals surface area (Å²) in [5, 5.41) is 0. The minimum absolute atomic E-state index is 0.0281. The second kappa shape index (κ2) is 9.62. The molecular weight excluding hydrogens is 343 g/mol. The number of rotatable bonds is 7. The molecule has 144 valence electrons. The minimum Gasteiger partial charge on any atom is -0.379 e. The molecule has 1 aliphatic rings. The van der Waals surface area contributed by atoms with Gasteiger partial charge in [-0.1, -0.05) is 48.5 Å². The third kappa shape index (κ3) is 5.37. The van der Waals surface area contributed by atoms with Crippen molar-refractivity contribution in [1.29, 1.82) is 0 Å². The molecule has 0 spiro atoms. The first kappa shape index (κ1) is 19.5. The van der Waals surface area contributed by atoms with Crippen LogP contribution < -0.4 is 0 Å². The monoisotopic (exact) mass is 370 g/mol. The van der Waals surface area contributed by atoms with Crippen molar-refractivity contribution in [2.24, 2.45) is 0 Å². The standard InChI is InChI=1S/C22H27FN2O2/c1-24(11-12-25-13-15-27-16-14-25)22(26)17-20(18-7-3-2-4-8-18)19-9-5-6-10-21(19)23/h2-10,20H,11-17H2,1H3/t20-/m1/s1. The molecule has 1 fully saturated rings. The van der Waals surface area contributed by atoms with E-state index in [0.29, 0.717) is 12.1 Å². The molecule has 3 rings (SSSR count). The summed E-state index contributed by atoms with van der Waals surface area (Å²) in [7, 11) is 1.83. The summed E-state index contributed by atoms with van der Waals surface area (Å²) >= 11 is 0. The largest absolute Gasteiger partial charge is 0.379 e. The number of nitrogens with zero attached hydrogens (tertiary/aromatic N) is 2. The Bertz CT molecular complexity index is 732. The van der Waals surface area contributed by atoms with Crippen LogP contribution in [0.15, 0.2) is 54.6 Å². The first-order valence-electron chi connectivity index (χ1n) is 9.48. The minimum atomic E-state index is -0.286. The number of hydrogen-bond donors (Lipinski definition) is 0. The van der Waals surface area contributed by atoms with E-state index in [1.807, 2.05) is 43.4 Å². The van der Waals surface area contributed by atoms with Crippen molar-refractivity contribution in [3.63, 3.8) is 0 Å². The van der Waals surface area contributed by atoms with Gasteiger partial charge in [0.1, 0.15) is 5.82 Å². The van der Waals surface area contributed by atoms with Crippen molar-refractivity contribution in [2.45, 2.75) is 12.3 Å². The van der Waals surface area contributed by atoms with Crippen LogP contribution in [0.1, 0.15) is 23.5 Å². The average Bonchev–Trinajstić information content (AvgIpc) is 2.72. The van der Waals surface area contributed by atoms with E-state index >= 15 is 0 Å². The molecule has 2 aromatic rings. The number of ether oxygens (including phenoxy) is 1. The van der Waals surface area contributed by atoms with Gasteiger partial charge < -0.3 is 9.64 Å². The maximum Gasteiger partial charge on any atom is 0.223 e. The molecule has 0 N–H and O–H groups in total. The summed E-state index contributed by atoms with van der Waals surface area (Å²) < 4.78 is 19.8. The summed E-state index contributed by atoms with van der Waals surface area (Å²) in [6.45, 7) is 4.81. The summed E-state index contributed by atoms with van der Waals surface area (Å²) in [5.41, 5.74) is 1.52. The van der Waals surface area contributed by atoms with E-state index in [0.717, 1.165) is 38.4 Å². The lowest BCUT2D eigenvalue weighted by atomic mass is 9.88. The molecule has 0 saturated carbocycles. The lowest BCUT2D eigenvalue weighted by Crippen LogP contribution is -2.42. The number of morpholine rings is 1. The third-order valence-corrected chi connectivity index (χ3v) is 5.14. The number of likely N-dealkylation sites (N-methyl/N-ethyl adjacent to an activating group) is 1. The van der Waals surface area contributed by atoms with Gasteiger partial charge in [0.15, 0.2) is 0 Å². The second-order valence-corrected chi connectivity index (χ2v) is 6.96. The van der Waals surface area contributed by atoms with Gasteiger partial charge in [-0.2, -0.15) is 0 Å². The van der Waals surface area contributed by atoms with Crippen LogP contribution in [0.25, 0.3) is 0 Å². The molecule has 0 unspecified atom stereocenters. The van der Waals surface area contributed by atoms with E-state index in [1.165, 1.54) is 6.07 Å². The highest BCUT2D eigenvalue weighted by atomic mass is 19.1. The van der Waals surface area contributed by atoms with Gasteiger partial charge in [0.05, 0.1) is 13.2 Å². The number of carbonyl (C=O) groups excluding carboxylic acids is 1. The third-order valence-electron chi connectivity index (χ3n) is 5.14. The Balaban J connectivity index is 1.68. The summed E-state index contributed by atoms with van der Waals surface area (Å²) in [4.78, 5) is 16.9. The smallest absolute Gasteiger partial charge is 0.223 e. The van der Waals surface area contributed by atoms with Crippen molar-refractivity contribution in [3.8, 4) is 0 Å². The lowest BCUT2D eigenvalue weighted by molar-refractivity contribution is -0.130. The second-order valence-electron chi connectivity index (χ2n) is 6.96. The number of halogens is 1. The van der Waals surface area contributed by atoms with Crippen LogP contribution in [0.2, 0.25) is 0 Å². The molecule has 0 radical (unpaired) electrons. The maximum atomic E-state index is 14.4. The maximum absolute atomic E-state index is 14.4. The van der Waals surface area contributed by atoms with Crippen LogP contribution in [0.4, 0.5) is 4.39 Å². The van der Waals surface area contributed by atoms with Gasteiger partial charge in [0, 0.05) is 45.6 Å². The van der Waals surface area contributed by atoms with Gasteiger partial charge in [-0.25, -0.2) is 4.39 Å². The average molecular weight is 370 g/mol. The summed E-state index contributed by atoms with van der Waals surface area (Å²) in [5.74, 6) is -0.527. The van der Waals surface area contributed by atoms with Crippen molar-refractivity contribution >= 4 is 5.91 Å². The topological polar surface area (TPSA) is 32.8 Å². The molecule has 1 aliphatic heterocycles. The van der Waals surface area contributed by atoms with Gasteiger partial charge >= 0.3 is 0 Å². The highest BCUT2D eigenvalue weighted by Gasteiger charge is 2.23. The predicted molar refractivity (Wildman–Crippen MR) is 104 cm³/mol. The van der Waals surface area contributed by atoms with E-state index in [2.05, 4.69) is 4.90 Å². The van der Waals surface area contributed by atoms with Crippen LogP contribution in [0, 0.1) is 5.82 Å². The molecular formula is C22H27FN2O2. The fourth-order valence-electron chi connectivity index (χ4n) is 3.42. The van der Waals surface area contributed by atoms with Gasteiger partial charge in [-0.3, -0.25) is 9.69 Å². The zero-order valence-corrected chi connectivity index (χ0v) is 15.8. The summed E-state index contributed by atoms with van der Waals surface area (Å²) in [6.07, 6.45) is 0.255. The fraction of sp³-hybridized carbons (Fsp3) is 0.409. The Morgan fingerprint density at radius 2 is 1.78 bits per heavy atom. The zero-order chi connectivity index (χ0) is 19.1. The number of benzene rings is 2. The van der Waals surface area contributed by atoms with Gasteiger partial charge in [0.25, 0.3) is 0 Å². The SMILES string of the molecule is CN(CCN1CCOCC1)C(=O)C[C@H](c1ccccc1)c1ccccc1F. The van der Waals surface area contributed by atoms with Crippen LogP contribution in [-0.4, -0.2) is 62.1 Å². The number of amides is 1. The van der Waals surface area contributed by atoms with Gasteiger partial charge in [0.2, 0.25) is 5.91 Å².